The molecule has 132 valence electrons. The van der Waals surface area contributed by atoms with Gasteiger partial charge in [0.25, 0.3) is 0 Å². The Kier molecular flexibility index (Phi) is 5.07. The molecule has 0 aliphatic rings. The third-order valence-electron chi connectivity index (χ3n) is 3.70. The average Bonchev–Trinajstić information content (AvgIpc) is 3.10. The summed E-state index contributed by atoms with van der Waals surface area (Å²) in [6.45, 7) is 1.49. The minimum atomic E-state index is -0.287. The van der Waals surface area contributed by atoms with Gasteiger partial charge >= 0.3 is 0 Å². The van der Waals surface area contributed by atoms with Crippen LogP contribution in [0.4, 0.5) is 5.69 Å². The number of rotatable bonds is 6. The number of nitrogens with one attached hydrogen (secondary N) is 1. The smallest absolute Gasteiger partial charge is 0.236 e. The molecule has 0 saturated heterocycles. The van der Waals surface area contributed by atoms with Gasteiger partial charge in [-0.05, 0) is 55.5 Å². The summed E-state index contributed by atoms with van der Waals surface area (Å²) in [5, 5.41) is 6.61. The Morgan fingerprint density at radius 2 is 1.77 bits per heavy atom. The number of hydrogen-bond donors (Lipinski definition) is 1. The van der Waals surface area contributed by atoms with Gasteiger partial charge in [-0.2, -0.15) is 4.98 Å². The number of aromatic nitrogens is 2. The number of hydrogen-bond acceptors (Lipinski definition) is 6. The van der Waals surface area contributed by atoms with Crippen molar-refractivity contribution in [3.8, 4) is 17.1 Å². The number of nitrogens with zero attached hydrogens (tertiary/aromatic N) is 2. The van der Waals surface area contributed by atoms with Gasteiger partial charge < -0.3 is 14.6 Å². The Labute approximate surface area is 150 Å². The van der Waals surface area contributed by atoms with E-state index in [0.29, 0.717) is 17.1 Å². The third-order valence-corrected chi connectivity index (χ3v) is 3.70. The van der Waals surface area contributed by atoms with E-state index in [1.54, 1.807) is 43.5 Å². The summed E-state index contributed by atoms with van der Waals surface area (Å²) in [4.78, 5) is 27.6. The molecule has 1 aromatic heterocycles. The topological polar surface area (TPSA) is 94.3 Å². The van der Waals surface area contributed by atoms with Gasteiger partial charge in [0.2, 0.25) is 17.6 Å². The molecule has 7 heteroatoms. The lowest BCUT2D eigenvalue weighted by Crippen LogP contribution is -2.14. The molecule has 0 aliphatic carbocycles. The lowest BCUT2D eigenvalue weighted by atomic mass is 10.1. The molecular formula is C19H17N3O4. The molecule has 0 saturated carbocycles. The molecule has 7 nitrogen and oxygen atoms in total. The van der Waals surface area contributed by atoms with Gasteiger partial charge in [0, 0.05) is 16.8 Å². The first kappa shape index (κ1) is 17.3. The van der Waals surface area contributed by atoms with E-state index in [1.807, 2.05) is 12.1 Å². The van der Waals surface area contributed by atoms with Crippen molar-refractivity contribution in [2.24, 2.45) is 0 Å². The van der Waals surface area contributed by atoms with E-state index in [-0.39, 0.29) is 24.0 Å². The van der Waals surface area contributed by atoms with E-state index in [9.17, 15) is 9.59 Å². The highest BCUT2D eigenvalue weighted by molar-refractivity contribution is 5.95. The molecule has 0 spiro atoms. The first-order valence-electron chi connectivity index (χ1n) is 7.93. The molecule has 26 heavy (non-hydrogen) atoms. The number of ether oxygens (including phenoxy) is 1. The van der Waals surface area contributed by atoms with Crippen LogP contribution in [0.15, 0.2) is 53.1 Å². The molecular weight excluding hydrogens is 334 g/mol. The number of benzene rings is 2. The summed E-state index contributed by atoms with van der Waals surface area (Å²) in [5.74, 6) is 1.04. The predicted octanol–water partition coefficient (Wildman–Crippen LogP) is 3.13. The number of methoxy groups -OCH3 is 1. The summed E-state index contributed by atoms with van der Waals surface area (Å²) in [6, 6.07) is 13.9. The summed E-state index contributed by atoms with van der Waals surface area (Å²) in [7, 11) is 1.59. The van der Waals surface area contributed by atoms with Gasteiger partial charge in [0.05, 0.1) is 7.11 Å². The first-order chi connectivity index (χ1) is 12.5. The van der Waals surface area contributed by atoms with E-state index in [1.165, 1.54) is 6.92 Å². The minimum Gasteiger partial charge on any atom is -0.497 e. The Morgan fingerprint density at radius 3 is 2.38 bits per heavy atom. The lowest BCUT2D eigenvalue weighted by molar-refractivity contribution is -0.115. The fourth-order valence-corrected chi connectivity index (χ4v) is 2.31. The van der Waals surface area contributed by atoms with Crippen LogP contribution in [0, 0.1) is 0 Å². The van der Waals surface area contributed by atoms with E-state index < -0.39 is 0 Å². The molecule has 2 aromatic carbocycles. The minimum absolute atomic E-state index is 0.0280. The monoisotopic (exact) mass is 351 g/mol. The normalized spacial score (nSPS) is 10.4. The van der Waals surface area contributed by atoms with Crippen LogP contribution in [-0.2, 0) is 11.2 Å². The van der Waals surface area contributed by atoms with Crippen LogP contribution in [0.5, 0.6) is 5.75 Å². The zero-order chi connectivity index (χ0) is 18.5. The van der Waals surface area contributed by atoms with E-state index >= 15 is 0 Å². The van der Waals surface area contributed by atoms with Gasteiger partial charge in [0.15, 0.2) is 5.78 Å². The van der Waals surface area contributed by atoms with E-state index in [0.717, 1.165) is 11.3 Å². The van der Waals surface area contributed by atoms with Crippen molar-refractivity contribution in [2.45, 2.75) is 13.3 Å². The molecule has 3 aromatic rings. The SMILES string of the molecule is COc1ccc(-c2noc(CC(=O)Nc3ccc(C(C)=O)cc3)n2)cc1. The second-order valence-corrected chi connectivity index (χ2v) is 5.60. The van der Waals surface area contributed by atoms with Crippen LogP contribution in [0.1, 0.15) is 23.2 Å². The second-order valence-electron chi connectivity index (χ2n) is 5.60. The number of anilines is 1. The average molecular weight is 351 g/mol. The van der Waals surface area contributed by atoms with Gasteiger partial charge in [-0.25, -0.2) is 0 Å². The molecule has 0 radical (unpaired) electrons. The number of carbonyl (C=O) groups is 2. The molecule has 0 aliphatic heterocycles. The lowest BCUT2D eigenvalue weighted by Gasteiger charge is -2.04. The van der Waals surface area contributed by atoms with Crippen molar-refractivity contribution in [2.75, 3.05) is 12.4 Å². The van der Waals surface area contributed by atoms with Crippen LogP contribution < -0.4 is 10.1 Å². The molecule has 0 unspecified atom stereocenters. The fourth-order valence-electron chi connectivity index (χ4n) is 2.31. The maximum Gasteiger partial charge on any atom is 0.236 e. The third kappa shape index (κ3) is 4.13. The van der Waals surface area contributed by atoms with Crippen molar-refractivity contribution in [3.63, 3.8) is 0 Å². The second kappa shape index (κ2) is 7.60. The van der Waals surface area contributed by atoms with Crippen LogP contribution in [0.25, 0.3) is 11.4 Å². The van der Waals surface area contributed by atoms with Crippen LogP contribution in [0.2, 0.25) is 0 Å². The van der Waals surface area contributed by atoms with Gasteiger partial charge in [0.1, 0.15) is 12.2 Å². The number of ketones is 1. The highest BCUT2D eigenvalue weighted by Crippen LogP contribution is 2.20. The van der Waals surface area contributed by atoms with Crippen LogP contribution in [-0.4, -0.2) is 28.9 Å². The Hall–Kier alpha value is -3.48. The number of amides is 1. The standard InChI is InChI=1S/C19H17N3O4/c1-12(23)13-3-7-15(8-4-13)20-17(24)11-18-21-19(22-26-18)14-5-9-16(25-2)10-6-14/h3-10H,11H2,1-2H3,(H,20,24). The molecule has 1 heterocycles. The fraction of sp³-hybridized carbons (Fsp3) is 0.158. The van der Waals surface area contributed by atoms with E-state index in [2.05, 4.69) is 15.5 Å². The highest BCUT2D eigenvalue weighted by Gasteiger charge is 2.13. The molecule has 0 bridgehead atoms. The maximum absolute atomic E-state index is 12.1. The zero-order valence-electron chi connectivity index (χ0n) is 14.4. The zero-order valence-corrected chi connectivity index (χ0v) is 14.4. The van der Waals surface area contributed by atoms with Crippen molar-refractivity contribution < 1.29 is 18.8 Å². The van der Waals surface area contributed by atoms with Crippen LogP contribution in [0.3, 0.4) is 0 Å². The molecule has 0 atom stereocenters. The van der Waals surface area contributed by atoms with E-state index in [4.69, 9.17) is 9.26 Å². The van der Waals surface area contributed by atoms with Gasteiger partial charge in [-0.1, -0.05) is 5.16 Å². The highest BCUT2D eigenvalue weighted by atomic mass is 16.5. The van der Waals surface area contributed by atoms with Crippen molar-refractivity contribution >= 4 is 17.4 Å². The first-order valence-corrected chi connectivity index (χ1v) is 7.93. The molecule has 0 fully saturated rings. The molecule has 1 amide bonds. The Bertz CT molecular complexity index is 915. The van der Waals surface area contributed by atoms with Crippen molar-refractivity contribution in [3.05, 3.63) is 60.0 Å². The largest absolute Gasteiger partial charge is 0.497 e. The quantitative estimate of drug-likeness (QED) is 0.686. The summed E-state index contributed by atoms with van der Waals surface area (Å²) in [6.07, 6.45) is -0.0440. The Morgan fingerprint density at radius 1 is 1.08 bits per heavy atom. The van der Waals surface area contributed by atoms with Gasteiger partial charge in [-0.15, -0.1) is 0 Å². The van der Waals surface area contributed by atoms with Crippen molar-refractivity contribution in [1.82, 2.24) is 10.1 Å². The molecule has 3 rings (SSSR count). The molecule has 1 N–H and O–H groups in total. The summed E-state index contributed by atoms with van der Waals surface area (Å²) >= 11 is 0. The maximum atomic E-state index is 12.1. The number of Topliss-reactive ketones (excluding diaryl/α,β-unsaturated/α-hetero) is 1. The van der Waals surface area contributed by atoms with Crippen LogP contribution >= 0.6 is 0 Å². The van der Waals surface area contributed by atoms with Crippen molar-refractivity contribution in [1.29, 1.82) is 0 Å². The van der Waals surface area contributed by atoms with Gasteiger partial charge in [-0.3, -0.25) is 9.59 Å². The summed E-state index contributed by atoms with van der Waals surface area (Å²) in [5.41, 5.74) is 1.94. The Balaban J connectivity index is 1.62. The summed E-state index contributed by atoms with van der Waals surface area (Å²) < 4.78 is 10.2. The number of carbonyl (C=O) groups excluding carboxylic acids is 2. The predicted molar refractivity (Wildman–Crippen MR) is 95.1 cm³/mol.